The summed E-state index contributed by atoms with van der Waals surface area (Å²) < 4.78 is 26.9. The molecule has 0 saturated heterocycles. The quantitative estimate of drug-likeness (QED) is 0.110. The number of rotatable bonds is 17. The number of benzene rings is 3. The molecule has 1 aromatic heterocycles. The van der Waals surface area contributed by atoms with Crippen molar-refractivity contribution in [3.05, 3.63) is 95.6 Å². The third-order valence-corrected chi connectivity index (χ3v) is 10.4. The fourth-order valence-electron chi connectivity index (χ4n) is 6.34. The van der Waals surface area contributed by atoms with Gasteiger partial charge in [0.1, 0.15) is 12.4 Å². The summed E-state index contributed by atoms with van der Waals surface area (Å²) in [7, 11) is -1.22. The number of hydrogen-bond donors (Lipinski definition) is 1. The Morgan fingerprint density at radius 1 is 0.961 bits per heavy atom. The van der Waals surface area contributed by atoms with Crippen LogP contribution >= 0.6 is 0 Å². The molecular weight excluding hydrogens is 657 g/mol. The Morgan fingerprint density at radius 2 is 1.73 bits per heavy atom. The predicted molar refractivity (Wildman–Crippen MR) is 210 cm³/mol. The third-order valence-electron chi connectivity index (χ3n) is 9.04. The van der Waals surface area contributed by atoms with Gasteiger partial charge in [0.2, 0.25) is 0 Å². The lowest BCUT2D eigenvalue weighted by atomic mass is 9.96. The minimum absolute atomic E-state index is 0.114. The molecule has 0 spiro atoms. The van der Waals surface area contributed by atoms with E-state index in [1.807, 2.05) is 49.6 Å². The summed E-state index contributed by atoms with van der Waals surface area (Å²) in [5, 5.41) is 3.11. The summed E-state index contributed by atoms with van der Waals surface area (Å²) >= 11 is 0. The molecule has 2 heterocycles. The van der Waals surface area contributed by atoms with Crippen molar-refractivity contribution in [2.45, 2.75) is 83.9 Å². The van der Waals surface area contributed by atoms with E-state index < -0.39 is 10.8 Å². The van der Waals surface area contributed by atoms with E-state index in [1.165, 1.54) is 0 Å². The molecule has 4 aromatic rings. The van der Waals surface area contributed by atoms with E-state index in [2.05, 4.69) is 83.9 Å². The molecular formula is C42H54N4O4S. The third kappa shape index (κ3) is 10.7. The number of hydrogen-bond acceptors (Lipinski definition) is 6. The first kappa shape index (κ1) is 38.0. The van der Waals surface area contributed by atoms with E-state index >= 15 is 0 Å². The highest BCUT2D eigenvalue weighted by molar-refractivity contribution is 7.84. The second-order valence-corrected chi connectivity index (χ2v) is 15.1. The van der Waals surface area contributed by atoms with Gasteiger partial charge in [-0.25, -0.2) is 4.98 Å². The minimum Gasteiger partial charge on any atom is -0.491 e. The molecule has 1 atom stereocenters. The molecule has 9 heteroatoms. The summed E-state index contributed by atoms with van der Waals surface area (Å²) in [5.41, 5.74) is 7.69. The number of aromatic nitrogens is 2. The number of fused-ring (bicyclic) bond motifs is 1. The molecule has 0 radical (unpaired) electrons. The van der Waals surface area contributed by atoms with Gasteiger partial charge in [-0.15, -0.1) is 0 Å². The highest BCUT2D eigenvalue weighted by Gasteiger charge is 2.20. The first-order valence-electron chi connectivity index (χ1n) is 18.5. The predicted octanol–water partition coefficient (Wildman–Crippen LogP) is 9.05. The zero-order valence-corrected chi connectivity index (χ0v) is 31.8. The Labute approximate surface area is 306 Å². The second kappa shape index (κ2) is 18.9. The maximum absolute atomic E-state index is 13.7. The fourth-order valence-corrected chi connectivity index (χ4v) is 7.57. The van der Waals surface area contributed by atoms with E-state index in [4.69, 9.17) is 9.47 Å². The van der Waals surface area contributed by atoms with Crippen molar-refractivity contribution in [1.82, 2.24) is 9.55 Å². The van der Waals surface area contributed by atoms with Crippen molar-refractivity contribution in [2.24, 2.45) is 5.92 Å². The molecule has 0 fully saturated rings. The van der Waals surface area contributed by atoms with E-state index in [9.17, 15) is 9.00 Å². The molecule has 1 unspecified atom stereocenters. The molecule has 5 rings (SSSR count). The number of unbranched alkanes of at least 4 members (excludes halogenated alkanes) is 1. The molecule has 51 heavy (non-hydrogen) atoms. The zero-order valence-electron chi connectivity index (χ0n) is 31.0. The molecule has 272 valence electrons. The van der Waals surface area contributed by atoms with Crippen LogP contribution in [-0.2, 0) is 32.6 Å². The van der Waals surface area contributed by atoms with Gasteiger partial charge in [-0.05, 0) is 110 Å². The standard InChI is InChI=1S/C42H54N4O4S/c1-6-8-23-49-24-25-50-38-16-11-33(12-17-38)34-13-20-40-36(26-34)27-35(10-9-22-45(40)28-31(3)4)42(47)44-37-14-18-39(19-15-37)51(48)29-41-32(5)43-30-46(41)21-7-2/h11-20,26-27,30-31H,6-10,21-25,28-29H2,1-5H3,(H,44,47). The second-order valence-electron chi connectivity index (χ2n) is 13.7. The summed E-state index contributed by atoms with van der Waals surface area (Å²) in [6, 6.07) is 22.1. The van der Waals surface area contributed by atoms with Crippen molar-refractivity contribution in [2.75, 3.05) is 43.1 Å². The molecule has 0 saturated carbocycles. The van der Waals surface area contributed by atoms with Gasteiger partial charge in [-0.3, -0.25) is 9.00 Å². The van der Waals surface area contributed by atoms with Gasteiger partial charge >= 0.3 is 0 Å². The summed E-state index contributed by atoms with van der Waals surface area (Å²) in [5.74, 6) is 1.62. The zero-order chi connectivity index (χ0) is 36.2. The van der Waals surface area contributed by atoms with Gasteiger partial charge < -0.3 is 24.3 Å². The van der Waals surface area contributed by atoms with Crippen LogP contribution in [0.25, 0.3) is 17.2 Å². The van der Waals surface area contributed by atoms with Gasteiger partial charge in [-0.1, -0.05) is 52.3 Å². The Balaban J connectivity index is 1.30. The smallest absolute Gasteiger partial charge is 0.251 e. The summed E-state index contributed by atoms with van der Waals surface area (Å²) in [6.45, 7) is 15.3. The number of imidazole rings is 1. The van der Waals surface area contributed by atoms with Crippen LogP contribution in [0.15, 0.2) is 83.5 Å². The first-order chi connectivity index (χ1) is 24.7. The Morgan fingerprint density at radius 3 is 2.45 bits per heavy atom. The summed E-state index contributed by atoms with van der Waals surface area (Å²) in [4.78, 5) is 21.3. The van der Waals surface area contributed by atoms with Crippen LogP contribution in [0, 0.1) is 12.8 Å². The maximum Gasteiger partial charge on any atom is 0.251 e. The Kier molecular flexibility index (Phi) is 14.1. The lowest BCUT2D eigenvalue weighted by Gasteiger charge is -2.30. The van der Waals surface area contributed by atoms with Crippen molar-refractivity contribution >= 4 is 34.2 Å². The number of nitrogens with one attached hydrogen (secondary N) is 1. The van der Waals surface area contributed by atoms with Gasteiger partial charge in [0, 0.05) is 48.1 Å². The number of anilines is 2. The van der Waals surface area contributed by atoms with Gasteiger partial charge in [0.15, 0.2) is 0 Å². The maximum atomic E-state index is 13.7. The van der Waals surface area contributed by atoms with Crippen LogP contribution in [-0.4, -0.2) is 52.6 Å². The fraction of sp³-hybridized carbons (Fsp3) is 0.429. The molecule has 1 aliphatic heterocycles. The van der Waals surface area contributed by atoms with Crippen LogP contribution < -0.4 is 15.0 Å². The summed E-state index contributed by atoms with van der Waals surface area (Å²) in [6.07, 6.45) is 8.62. The van der Waals surface area contributed by atoms with E-state index in [-0.39, 0.29) is 5.91 Å². The monoisotopic (exact) mass is 710 g/mol. The largest absolute Gasteiger partial charge is 0.491 e. The van der Waals surface area contributed by atoms with Crippen LogP contribution in [0.1, 0.15) is 76.8 Å². The van der Waals surface area contributed by atoms with Gasteiger partial charge in [-0.2, -0.15) is 0 Å². The number of carbonyl (C=O) groups excluding carboxylic acids is 1. The first-order valence-corrected chi connectivity index (χ1v) is 19.8. The number of amides is 1. The van der Waals surface area contributed by atoms with Crippen molar-refractivity contribution in [1.29, 1.82) is 0 Å². The molecule has 1 amide bonds. The van der Waals surface area contributed by atoms with E-state index in [0.717, 1.165) is 102 Å². The lowest BCUT2D eigenvalue weighted by Crippen LogP contribution is -2.30. The van der Waals surface area contributed by atoms with Gasteiger partial charge in [0.25, 0.3) is 5.91 Å². The number of ether oxygens (including phenoxy) is 2. The molecule has 8 nitrogen and oxygen atoms in total. The van der Waals surface area contributed by atoms with Gasteiger partial charge in [0.05, 0.1) is 40.9 Å². The Hall–Kier alpha value is -4.21. The molecule has 0 bridgehead atoms. The number of carbonyl (C=O) groups is 1. The molecule has 3 aromatic carbocycles. The van der Waals surface area contributed by atoms with Crippen molar-refractivity contribution in [3.8, 4) is 16.9 Å². The van der Waals surface area contributed by atoms with Crippen LogP contribution in [0.4, 0.5) is 11.4 Å². The van der Waals surface area contributed by atoms with Crippen LogP contribution in [0.5, 0.6) is 5.75 Å². The Bertz CT molecular complexity index is 1780. The topological polar surface area (TPSA) is 85.7 Å². The molecule has 0 aliphatic carbocycles. The van der Waals surface area contributed by atoms with Crippen LogP contribution in [0.3, 0.4) is 0 Å². The van der Waals surface area contributed by atoms with Crippen LogP contribution in [0.2, 0.25) is 0 Å². The van der Waals surface area contributed by atoms with E-state index in [0.29, 0.717) is 37.0 Å². The highest BCUT2D eigenvalue weighted by atomic mass is 32.2. The average molecular weight is 711 g/mol. The lowest BCUT2D eigenvalue weighted by molar-refractivity contribution is -0.112. The highest BCUT2D eigenvalue weighted by Crippen LogP contribution is 2.33. The number of aryl methyl sites for hydroxylation is 2. The SMILES string of the molecule is CCCCOCCOc1ccc(-c2ccc3c(c2)C=C(C(=O)Nc2ccc(S(=O)Cc4c(C)ncn4CCC)cc2)CCCN3CC(C)C)cc1. The van der Waals surface area contributed by atoms with Crippen molar-refractivity contribution < 1.29 is 18.5 Å². The number of nitrogens with zero attached hydrogens (tertiary/aromatic N) is 3. The molecule has 1 aliphatic rings. The average Bonchev–Trinajstić information content (AvgIpc) is 3.46. The normalized spacial score (nSPS) is 13.7. The molecule has 1 N–H and O–H groups in total. The minimum atomic E-state index is -1.22. The van der Waals surface area contributed by atoms with Crippen molar-refractivity contribution in [3.63, 3.8) is 0 Å². The van der Waals surface area contributed by atoms with E-state index in [1.54, 1.807) is 0 Å².